The number of aromatic nitrogens is 1. The number of carbonyl (C=O) groups excluding carboxylic acids is 1. The predicted molar refractivity (Wildman–Crippen MR) is 123 cm³/mol. The van der Waals surface area contributed by atoms with E-state index in [1.165, 1.54) is 22.0 Å². The number of hydrogen-bond donors (Lipinski definition) is 1. The number of carbonyl (C=O) groups is 1. The van der Waals surface area contributed by atoms with E-state index in [0.29, 0.717) is 13.0 Å². The van der Waals surface area contributed by atoms with Crippen molar-refractivity contribution in [2.45, 2.75) is 31.7 Å². The number of benzene rings is 3. The van der Waals surface area contributed by atoms with Crippen LogP contribution >= 0.6 is 0 Å². The first-order valence-corrected chi connectivity index (χ1v) is 10.6. The molecule has 0 radical (unpaired) electrons. The molecule has 1 N–H and O–H groups in total. The zero-order valence-electron chi connectivity index (χ0n) is 17.4. The van der Waals surface area contributed by atoms with Gasteiger partial charge in [-0.05, 0) is 41.5 Å². The van der Waals surface area contributed by atoms with Crippen molar-refractivity contribution in [3.63, 3.8) is 0 Å². The van der Waals surface area contributed by atoms with Crippen LogP contribution in [0.4, 0.5) is 0 Å². The first-order chi connectivity index (χ1) is 14.7. The minimum absolute atomic E-state index is 0.102. The molecule has 0 bridgehead atoms. The minimum Gasteiger partial charge on any atom is -0.352 e. The van der Waals surface area contributed by atoms with Crippen molar-refractivity contribution < 1.29 is 4.79 Å². The molecule has 0 unspecified atom stereocenters. The third-order valence-electron chi connectivity index (χ3n) is 5.76. The minimum atomic E-state index is 0.102. The van der Waals surface area contributed by atoms with Crippen molar-refractivity contribution in [1.29, 1.82) is 0 Å². The van der Waals surface area contributed by atoms with Crippen LogP contribution in [0.2, 0.25) is 0 Å². The summed E-state index contributed by atoms with van der Waals surface area (Å²) in [6, 6.07) is 29.1. The number of amides is 1. The quantitative estimate of drug-likeness (QED) is 0.413. The molecule has 0 spiro atoms. The van der Waals surface area contributed by atoms with Crippen LogP contribution in [0.15, 0.2) is 91.1 Å². The zero-order chi connectivity index (χ0) is 20.8. The van der Waals surface area contributed by atoms with E-state index in [1.807, 2.05) is 36.4 Å². The Labute approximate surface area is 178 Å². The summed E-state index contributed by atoms with van der Waals surface area (Å²) >= 11 is 0. The number of aryl methyl sites for hydroxylation is 2. The summed E-state index contributed by atoms with van der Waals surface area (Å²) in [6.07, 6.45) is 4.59. The van der Waals surface area contributed by atoms with Crippen LogP contribution in [0.3, 0.4) is 0 Å². The highest BCUT2D eigenvalue weighted by Crippen LogP contribution is 2.32. The molecule has 1 aromatic heterocycles. The Bertz CT molecular complexity index is 1100. The number of fused-ring (bicyclic) bond motifs is 1. The lowest BCUT2D eigenvalue weighted by Crippen LogP contribution is -2.24. The van der Waals surface area contributed by atoms with Gasteiger partial charge in [-0.15, -0.1) is 0 Å². The molecule has 3 nitrogen and oxygen atoms in total. The van der Waals surface area contributed by atoms with Gasteiger partial charge in [0.15, 0.2) is 0 Å². The Morgan fingerprint density at radius 2 is 1.50 bits per heavy atom. The fraction of sp³-hybridized carbons (Fsp3) is 0.222. The number of hydrogen-bond acceptors (Lipinski definition) is 1. The molecule has 0 saturated carbocycles. The molecule has 1 amide bonds. The standard InChI is InChI=1S/C27H28N2O/c1-29-20-25(24-14-8-9-15-26(24)29)23(17-16-21-10-4-2-5-11-21)18-27(30)28-19-22-12-6-3-7-13-22/h2-15,20,23H,16-19H2,1H3,(H,28,30)/t23-/m1/s1. The Morgan fingerprint density at radius 3 is 2.23 bits per heavy atom. The van der Waals surface area contributed by atoms with E-state index >= 15 is 0 Å². The van der Waals surface area contributed by atoms with E-state index in [1.54, 1.807) is 0 Å². The molecule has 152 valence electrons. The molecule has 4 rings (SSSR count). The number of rotatable bonds is 8. The van der Waals surface area contributed by atoms with Gasteiger partial charge in [-0.1, -0.05) is 78.9 Å². The summed E-state index contributed by atoms with van der Waals surface area (Å²) < 4.78 is 2.17. The summed E-state index contributed by atoms with van der Waals surface area (Å²) in [6.45, 7) is 0.570. The maximum Gasteiger partial charge on any atom is 0.220 e. The number of para-hydroxylation sites is 1. The van der Waals surface area contributed by atoms with Crippen LogP contribution in [-0.4, -0.2) is 10.5 Å². The molecule has 1 heterocycles. The highest BCUT2D eigenvalue weighted by atomic mass is 16.1. The van der Waals surface area contributed by atoms with Crippen LogP contribution in [0.5, 0.6) is 0 Å². The van der Waals surface area contributed by atoms with E-state index in [2.05, 4.69) is 71.7 Å². The van der Waals surface area contributed by atoms with Gasteiger partial charge >= 0.3 is 0 Å². The molecule has 0 aliphatic carbocycles. The lowest BCUT2D eigenvalue weighted by Gasteiger charge is -2.17. The van der Waals surface area contributed by atoms with Crippen LogP contribution in [0.1, 0.15) is 35.4 Å². The van der Waals surface area contributed by atoms with Gasteiger partial charge in [-0.25, -0.2) is 0 Å². The second kappa shape index (κ2) is 9.45. The summed E-state index contributed by atoms with van der Waals surface area (Å²) in [7, 11) is 2.08. The van der Waals surface area contributed by atoms with Gasteiger partial charge in [0.05, 0.1) is 0 Å². The maximum absolute atomic E-state index is 12.8. The van der Waals surface area contributed by atoms with Gasteiger partial charge in [0.1, 0.15) is 0 Å². The van der Waals surface area contributed by atoms with Crippen LogP contribution in [0, 0.1) is 0 Å². The molecule has 3 aromatic carbocycles. The first-order valence-electron chi connectivity index (χ1n) is 10.6. The third kappa shape index (κ3) is 4.80. The number of nitrogens with one attached hydrogen (secondary N) is 1. The van der Waals surface area contributed by atoms with E-state index < -0.39 is 0 Å². The van der Waals surface area contributed by atoms with Crippen LogP contribution in [-0.2, 0) is 24.8 Å². The second-order valence-electron chi connectivity index (χ2n) is 7.90. The average molecular weight is 397 g/mol. The van der Waals surface area contributed by atoms with Gasteiger partial charge in [0.25, 0.3) is 0 Å². The molecular weight excluding hydrogens is 368 g/mol. The lowest BCUT2D eigenvalue weighted by molar-refractivity contribution is -0.121. The van der Waals surface area contributed by atoms with E-state index in [4.69, 9.17) is 0 Å². The van der Waals surface area contributed by atoms with E-state index in [0.717, 1.165) is 18.4 Å². The fourth-order valence-corrected chi connectivity index (χ4v) is 4.14. The van der Waals surface area contributed by atoms with Gasteiger partial charge < -0.3 is 9.88 Å². The smallest absolute Gasteiger partial charge is 0.220 e. The topological polar surface area (TPSA) is 34.0 Å². The van der Waals surface area contributed by atoms with Gasteiger partial charge in [-0.2, -0.15) is 0 Å². The van der Waals surface area contributed by atoms with Crippen LogP contribution < -0.4 is 5.32 Å². The summed E-state index contributed by atoms with van der Waals surface area (Å²) in [5.41, 5.74) is 4.91. The molecule has 3 heteroatoms. The Hall–Kier alpha value is -3.33. The Kier molecular flexibility index (Phi) is 6.29. The van der Waals surface area contributed by atoms with Crippen molar-refractivity contribution >= 4 is 16.8 Å². The summed E-state index contributed by atoms with van der Waals surface area (Å²) in [5, 5.41) is 4.35. The second-order valence-corrected chi connectivity index (χ2v) is 7.90. The number of nitrogens with zero attached hydrogens (tertiary/aromatic N) is 1. The molecule has 0 saturated heterocycles. The van der Waals surface area contributed by atoms with Crippen molar-refractivity contribution in [2.75, 3.05) is 0 Å². The zero-order valence-corrected chi connectivity index (χ0v) is 17.4. The predicted octanol–water partition coefficient (Wildman–Crippen LogP) is 5.60. The maximum atomic E-state index is 12.8. The van der Waals surface area contributed by atoms with Crippen molar-refractivity contribution in [3.05, 3.63) is 108 Å². The fourth-order valence-electron chi connectivity index (χ4n) is 4.14. The molecule has 4 aromatic rings. The molecule has 1 atom stereocenters. The van der Waals surface area contributed by atoms with Crippen LogP contribution in [0.25, 0.3) is 10.9 Å². The Morgan fingerprint density at radius 1 is 0.867 bits per heavy atom. The molecular formula is C27H28N2O. The first kappa shape index (κ1) is 20.0. The van der Waals surface area contributed by atoms with Crippen molar-refractivity contribution in [2.24, 2.45) is 7.05 Å². The summed E-state index contributed by atoms with van der Waals surface area (Å²) in [5.74, 6) is 0.275. The lowest BCUT2D eigenvalue weighted by atomic mass is 9.89. The Balaban J connectivity index is 1.52. The molecule has 0 aliphatic rings. The van der Waals surface area contributed by atoms with Gasteiger partial charge in [0, 0.05) is 37.1 Å². The summed E-state index contributed by atoms with van der Waals surface area (Å²) in [4.78, 5) is 12.8. The molecule has 30 heavy (non-hydrogen) atoms. The van der Waals surface area contributed by atoms with Crippen molar-refractivity contribution in [3.8, 4) is 0 Å². The van der Waals surface area contributed by atoms with E-state index in [-0.39, 0.29) is 11.8 Å². The third-order valence-corrected chi connectivity index (χ3v) is 5.76. The molecule has 0 aliphatic heterocycles. The largest absolute Gasteiger partial charge is 0.352 e. The van der Waals surface area contributed by atoms with Gasteiger partial charge in [0.2, 0.25) is 5.91 Å². The SMILES string of the molecule is Cn1cc([C@H](CCc2ccccc2)CC(=O)NCc2ccccc2)c2ccccc21. The highest BCUT2D eigenvalue weighted by Gasteiger charge is 2.20. The van der Waals surface area contributed by atoms with Gasteiger partial charge in [-0.3, -0.25) is 4.79 Å². The molecule has 0 fully saturated rings. The highest BCUT2D eigenvalue weighted by molar-refractivity contribution is 5.85. The van der Waals surface area contributed by atoms with E-state index in [9.17, 15) is 4.79 Å². The monoisotopic (exact) mass is 396 g/mol. The average Bonchev–Trinajstić information content (AvgIpc) is 3.13. The normalized spacial score (nSPS) is 12.0. The van der Waals surface area contributed by atoms with Crippen molar-refractivity contribution in [1.82, 2.24) is 9.88 Å².